The minimum atomic E-state index is 0.0852. The molecule has 0 saturated heterocycles. The highest BCUT2D eigenvalue weighted by Crippen LogP contribution is 2.29. The SMILES string of the molecule is CC(=O)/C(=C/c1ccc2ccccc2c1)Sc1ccccc1. The quantitative estimate of drug-likeness (QED) is 0.463. The van der Waals surface area contributed by atoms with Crippen LogP contribution in [-0.4, -0.2) is 5.78 Å². The number of allylic oxidation sites excluding steroid dienone is 1. The second-order valence-electron chi connectivity index (χ2n) is 5.09. The first-order valence-corrected chi connectivity index (χ1v) is 7.98. The van der Waals surface area contributed by atoms with Gasteiger partial charge in [-0.25, -0.2) is 0 Å². The number of hydrogen-bond acceptors (Lipinski definition) is 2. The number of hydrogen-bond donors (Lipinski definition) is 0. The van der Waals surface area contributed by atoms with E-state index < -0.39 is 0 Å². The molecule has 0 spiro atoms. The van der Waals surface area contributed by atoms with Crippen molar-refractivity contribution in [2.75, 3.05) is 0 Å². The number of benzene rings is 3. The predicted molar refractivity (Wildman–Crippen MR) is 94.9 cm³/mol. The molecule has 0 radical (unpaired) electrons. The van der Waals surface area contributed by atoms with Gasteiger partial charge in [-0.15, -0.1) is 0 Å². The van der Waals surface area contributed by atoms with Crippen molar-refractivity contribution in [3.8, 4) is 0 Å². The van der Waals surface area contributed by atoms with Crippen molar-refractivity contribution in [3.05, 3.63) is 83.3 Å². The first kappa shape index (κ1) is 14.6. The molecule has 1 nitrogen and oxygen atoms in total. The van der Waals surface area contributed by atoms with E-state index in [1.807, 2.05) is 48.5 Å². The molecule has 0 aliphatic heterocycles. The first-order chi connectivity index (χ1) is 10.7. The normalized spacial score (nSPS) is 11.6. The van der Waals surface area contributed by atoms with E-state index in [2.05, 4.69) is 30.3 Å². The van der Waals surface area contributed by atoms with E-state index in [-0.39, 0.29) is 5.78 Å². The van der Waals surface area contributed by atoms with Crippen molar-refractivity contribution in [2.24, 2.45) is 0 Å². The van der Waals surface area contributed by atoms with Crippen LogP contribution in [0.25, 0.3) is 16.8 Å². The molecule has 3 rings (SSSR count). The highest BCUT2D eigenvalue weighted by molar-refractivity contribution is 8.04. The van der Waals surface area contributed by atoms with Gasteiger partial charge in [0.05, 0.1) is 4.91 Å². The lowest BCUT2D eigenvalue weighted by Gasteiger charge is -2.05. The van der Waals surface area contributed by atoms with E-state index in [4.69, 9.17) is 0 Å². The maximum atomic E-state index is 11.9. The van der Waals surface area contributed by atoms with Crippen LogP contribution in [0.1, 0.15) is 12.5 Å². The van der Waals surface area contributed by atoms with Crippen molar-refractivity contribution in [1.82, 2.24) is 0 Å². The van der Waals surface area contributed by atoms with Crippen LogP contribution in [0.15, 0.2) is 82.6 Å². The van der Waals surface area contributed by atoms with Gasteiger partial charge in [-0.2, -0.15) is 0 Å². The number of carbonyl (C=O) groups is 1. The molecule has 0 unspecified atom stereocenters. The fraction of sp³-hybridized carbons (Fsp3) is 0.0500. The summed E-state index contributed by atoms with van der Waals surface area (Å²) in [6.07, 6.45) is 1.96. The third-order valence-corrected chi connectivity index (χ3v) is 4.52. The second-order valence-corrected chi connectivity index (χ2v) is 6.20. The van der Waals surface area contributed by atoms with Crippen LogP contribution in [0.5, 0.6) is 0 Å². The Morgan fingerprint density at radius 1 is 0.864 bits per heavy atom. The van der Waals surface area contributed by atoms with Crippen molar-refractivity contribution < 1.29 is 4.79 Å². The van der Waals surface area contributed by atoms with E-state index in [9.17, 15) is 4.79 Å². The molecular formula is C20H16OS. The van der Waals surface area contributed by atoms with Crippen LogP contribution >= 0.6 is 11.8 Å². The summed E-state index contributed by atoms with van der Waals surface area (Å²) in [6.45, 7) is 1.61. The summed E-state index contributed by atoms with van der Waals surface area (Å²) in [7, 11) is 0. The Morgan fingerprint density at radius 2 is 1.55 bits per heavy atom. The fourth-order valence-electron chi connectivity index (χ4n) is 2.27. The third kappa shape index (κ3) is 3.46. The van der Waals surface area contributed by atoms with Crippen LogP contribution in [0, 0.1) is 0 Å². The molecule has 3 aromatic carbocycles. The largest absolute Gasteiger partial charge is 0.294 e. The van der Waals surface area contributed by atoms with E-state index in [0.717, 1.165) is 15.4 Å². The van der Waals surface area contributed by atoms with Crippen LogP contribution in [0.3, 0.4) is 0 Å². The zero-order valence-electron chi connectivity index (χ0n) is 12.3. The number of ketones is 1. The minimum Gasteiger partial charge on any atom is -0.294 e. The van der Waals surface area contributed by atoms with Gasteiger partial charge in [-0.3, -0.25) is 4.79 Å². The van der Waals surface area contributed by atoms with Gasteiger partial charge >= 0.3 is 0 Å². The van der Waals surface area contributed by atoms with E-state index in [1.54, 1.807) is 6.92 Å². The summed E-state index contributed by atoms with van der Waals surface area (Å²) in [5.41, 5.74) is 1.05. The summed E-state index contributed by atoms with van der Waals surface area (Å²) < 4.78 is 0. The van der Waals surface area contributed by atoms with Gasteiger partial charge in [-0.1, -0.05) is 66.4 Å². The van der Waals surface area contributed by atoms with Crippen molar-refractivity contribution >= 4 is 34.4 Å². The number of thioether (sulfide) groups is 1. The van der Waals surface area contributed by atoms with Gasteiger partial charge in [0.2, 0.25) is 0 Å². The Morgan fingerprint density at radius 3 is 2.27 bits per heavy atom. The molecule has 0 amide bonds. The minimum absolute atomic E-state index is 0.0852. The van der Waals surface area contributed by atoms with E-state index >= 15 is 0 Å². The Labute approximate surface area is 134 Å². The maximum Gasteiger partial charge on any atom is 0.166 e. The number of fused-ring (bicyclic) bond motifs is 1. The highest BCUT2D eigenvalue weighted by Gasteiger charge is 2.07. The maximum absolute atomic E-state index is 11.9. The molecule has 0 bridgehead atoms. The Bertz CT molecular complexity index is 834. The fourth-order valence-corrected chi connectivity index (χ4v) is 3.15. The van der Waals surface area contributed by atoms with Gasteiger partial charge < -0.3 is 0 Å². The molecule has 0 N–H and O–H groups in total. The van der Waals surface area contributed by atoms with Crippen molar-refractivity contribution in [3.63, 3.8) is 0 Å². The monoisotopic (exact) mass is 304 g/mol. The molecule has 0 aliphatic carbocycles. The van der Waals surface area contributed by atoms with Crippen LogP contribution < -0.4 is 0 Å². The topological polar surface area (TPSA) is 17.1 Å². The molecular weight excluding hydrogens is 288 g/mol. The predicted octanol–water partition coefficient (Wildman–Crippen LogP) is 5.56. The van der Waals surface area contributed by atoms with Crippen molar-refractivity contribution in [1.29, 1.82) is 0 Å². The van der Waals surface area contributed by atoms with Gasteiger partial charge in [0.25, 0.3) is 0 Å². The summed E-state index contributed by atoms with van der Waals surface area (Å²) in [6, 6.07) is 24.5. The Hall–Kier alpha value is -2.32. The van der Waals surface area contributed by atoms with Crippen LogP contribution in [-0.2, 0) is 4.79 Å². The molecule has 0 aromatic heterocycles. The average Bonchev–Trinajstić information content (AvgIpc) is 2.55. The number of Topliss-reactive ketones (excluding diaryl/α,β-unsaturated/α-hetero) is 1. The lowest BCUT2D eigenvalue weighted by Crippen LogP contribution is -1.92. The molecule has 2 heteroatoms. The molecule has 0 aliphatic rings. The second kappa shape index (κ2) is 6.63. The zero-order chi connectivity index (χ0) is 15.4. The third-order valence-electron chi connectivity index (χ3n) is 3.39. The first-order valence-electron chi connectivity index (χ1n) is 7.17. The van der Waals surface area contributed by atoms with E-state index in [1.165, 1.54) is 22.5 Å². The standard InChI is InChI=1S/C20H16OS/c1-15(21)20(22-19-9-3-2-4-10-19)14-16-11-12-17-7-5-6-8-18(17)13-16/h2-14H,1H3/b20-14-. The molecule has 0 atom stereocenters. The van der Waals surface area contributed by atoms with Gasteiger partial charge in [0.1, 0.15) is 0 Å². The Balaban J connectivity index is 1.95. The summed E-state index contributed by atoms with van der Waals surface area (Å²) in [4.78, 5) is 13.8. The van der Waals surface area contributed by atoms with E-state index in [0.29, 0.717) is 0 Å². The molecule has 22 heavy (non-hydrogen) atoms. The van der Waals surface area contributed by atoms with Crippen molar-refractivity contribution in [2.45, 2.75) is 11.8 Å². The lowest BCUT2D eigenvalue weighted by atomic mass is 10.1. The molecule has 0 saturated carbocycles. The summed E-state index contributed by atoms with van der Waals surface area (Å²) in [5, 5.41) is 2.39. The lowest BCUT2D eigenvalue weighted by molar-refractivity contribution is -0.112. The summed E-state index contributed by atoms with van der Waals surface area (Å²) >= 11 is 1.51. The van der Waals surface area contributed by atoms with Gasteiger partial charge in [-0.05, 0) is 47.5 Å². The molecule has 3 aromatic rings. The zero-order valence-corrected chi connectivity index (χ0v) is 13.1. The Kier molecular flexibility index (Phi) is 4.40. The van der Waals surface area contributed by atoms with Gasteiger partial charge in [0, 0.05) is 4.90 Å². The highest BCUT2D eigenvalue weighted by atomic mass is 32.2. The average molecular weight is 304 g/mol. The van der Waals surface area contributed by atoms with Crippen LogP contribution in [0.2, 0.25) is 0 Å². The number of rotatable bonds is 4. The smallest absolute Gasteiger partial charge is 0.166 e. The van der Waals surface area contributed by atoms with Gasteiger partial charge in [0.15, 0.2) is 5.78 Å². The van der Waals surface area contributed by atoms with Crippen LogP contribution in [0.4, 0.5) is 0 Å². The molecule has 0 heterocycles. The number of carbonyl (C=O) groups excluding carboxylic acids is 1. The summed E-state index contributed by atoms with van der Waals surface area (Å²) in [5.74, 6) is 0.0852. The molecule has 0 fully saturated rings. The molecule has 108 valence electrons.